The van der Waals surface area contributed by atoms with Gasteiger partial charge in [-0.2, -0.15) is 4.98 Å². The van der Waals surface area contributed by atoms with E-state index in [2.05, 4.69) is 30.8 Å². The molecule has 0 amide bonds. The number of benzene rings is 1. The third-order valence-electron chi connectivity index (χ3n) is 2.37. The Balaban J connectivity index is 2.03. The van der Waals surface area contributed by atoms with Crippen molar-refractivity contribution in [1.82, 2.24) is 14.9 Å². The maximum Gasteiger partial charge on any atom is 0.241 e. The highest BCUT2D eigenvalue weighted by Gasteiger charge is 2.15. The van der Waals surface area contributed by atoms with Crippen LogP contribution in [0.15, 0.2) is 27.2 Å². The molecule has 0 spiro atoms. The zero-order valence-corrected chi connectivity index (χ0v) is 13.6. The van der Waals surface area contributed by atoms with Crippen molar-refractivity contribution in [2.24, 2.45) is 0 Å². The molecular weight excluding hydrogens is 370 g/mol. The number of nitrogens with zero attached hydrogens (tertiary/aromatic N) is 2. The molecule has 108 valence electrons. The van der Waals surface area contributed by atoms with Crippen LogP contribution in [-0.4, -0.2) is 18.6 Å². The molecule has 20 heavy (non-hydrogen) atoms. The highest BCUT2D eigenvalue weighted by atomic mass is 79.9. The molecule has 1 heterocycles. The van der Waals surface area contributed by atoms with Crippen molar-refractivity contribution in [3.63, 3.8) is 0 Å². The average Bonchev–Trinajstić information content (AvgIpc) is 2.77. The van der Waals surface area contributed by atoms with Crippen LogP contribution in [-0.2, 0) is 22.3 Å². The summed E-state index contributed by atoms with van der Waals surface area (Å²) in [6.07, 6.45) is 0. The van der Waals surface area contributed by atoms with Crippen LogP contribution in [0.3, 0.4) is 0 Å². The molecule has 0 aliphatic heterocycles. The third kappa shape index (κ3) is 4.27. The van der Waals surface area contributed by atoms with Crippen molar-refractivity contribution in [3.8, 4) is 0 Å². The number of halogens is 2. The third-order valence-corrected chi connectivity index (χ3v) is 4.62. The molecule has 0 saturated heterocycles. The fourth-order valence-corrected chi connectivity index (χ4v) is 3.59. The van der Waals surface area contributed by atoms with Crippen LogP contribution in [0, 0.1) is 6.92 Å². The molecule has 0 aliphatic rings. The number of rotatable bonds is 5. The molecule has 0 unspecified atom stereocenters. The number of aromatic nitrogens is 2. The topological polar surface area (TPSA) is 85.1 Å². The Kier molecular flexibility index (Phi) is 4.79. The van der Waals surface area contributed by atoms with Crippen molar-refractivity contribution < 1.29 is 12.9 Å². The second kappa shape index (κ2) is 6.21. The Labute approximate surface area is 129 Å². The summed E-state index contributed by atoms with van der Waals surface area (Å²) in [5, 5.41) is 4.12. The highest BCUT2D eigenvalue weighted by molar-refractivity contribution is 9.10. The van der Waals surface area contributed by atoms with E-state index in [0.29, 0.717) is 20.9 Å². The van der Waals surface area contributed by atoms with Crippen LogP contribution in [0.1, 0.15) is 17.3 Å². The molecule has 0 radical (unpaired) electrons. The van der Waals surface area contributed by atoms with Crippen LogP contribution in [0.2, 0.25) is 5.02 Å². The van der Waals surface area contributed by atoms with E-state index in [1.54, 1.807) is 25.1 Å². The summed E-state index contributed by atoms with van der Waals surface area (Å²) < 4.78 is 31.8. The fraction of sp³-hybridized carbons (Fsp3) is 0.273. The summed E-state index contributed by atoms with van der Waals surface area (Å²) in [4.78, 5) is 3.92. The van der Waals surface area contributed by atoms with Crippen molar-refractivity contribution in [2.75, 3.05) is 0 Å². The SMILES string of the molecule is Cc1noc(CNS(=O)(=O)Cc2ccc(Cl)cc2Br)n1. The first-order chi connectivity index (χ1) is 9.35. The molecule has 1 aromatic carbocycles. The molecule has 6 nitrogen and oxygen atoms in total. The van der Waals surface area contributed by atoms with Crippen LogP contribution in [0.25, 0.3) is 0 Å². The van der Waals surface area contributed by atoms with Gasteiger partial charge in [0, 0.05) is 9.50 Å². The molecule has 0 bridgehead atoms. The lowest BCUT2D eigenvalue weighted by Crippen LogP contribution is -2.25. The summed E-state index contributed by atoms with van der Waals surface area (Å²) in [6, 6.07) is 4.94. The Morgan fingerprint density at radius 3 is 2.80 bits per heavy atom. The summed E-state index contributed by atoms with van der Waals surface area (Å²) in [7, 11) is -3.51. The molecule has 1 N–H and O–H groups in total. The maximum absolute atomic E-state index is 12.0. The summed E-state index contributed by atoms with van der Waals surface area (Å²) >= 11 is 9.09. The maximum atomic E-state index is 12.0. The summed E-state index contributed by atoms with van der Waals surface area (Å²) in [6.45, 7) is 1.63. The Morgan fingerprint density at radius 1 is 1.45 bits per heavy atom. The largest absolute Gasteiger partial charge is 0.338 e. The lowest BCUT2D eigenvalue weighted by atomic mass is 10.2. The molecule has 2 rings (SSSR count). The first-order valence-electron chi connectivity index (χ1n) is 5.56. The monoisotopic (exact) mass is 379 g/mol. The van der Waals surface area contributed by atoms with E-state index in [1.807, 2.05) is 0 Å². The zero-order chi connectivity index (χ0) is 14.8. The lowest BCUT2D eigenvalue weighted by Gasteiger charge is -2.07. The number of hydrogen-bond donors (Lipinski definition) is 1. The molecule has 0 saturated carbocycles. The van der Waals surface area contributed by atoms with Gasteiger partial charge < -0.3 is 4.52 Å². The smallest absolute Gasteiger partial charge is 0.241 e. The zero-order valence-electron chi connectivity index (χ0n) is 10.4. The van der Waals surface area contributed by atoms with Gasteiger partial charge in [-0.25, -0.2) is 13.1 Å². The van der Waals surface area contributed by atoms with Crippen LogP contribution in [0.4, 0.5) is 0 Å². The predicted octanol–water partition coefficient (Wildman–Crippen LogP) is 2.41. The van der Waals surface area contributed by atoms with Crippen LogP contribution >= 0.6 is 27.5 Å². The standard InChI is InChI=1S/C11H11BrClN3O3S/c1-7-15-11(19-16-7)5-14-20(17,18)6-8-2-3-9(13)4-10(8)12/h2-4,14H,5-6H2,1H3. The molecule has 2 aromatic rings. The van der Waals surface area contributed by atoms with Gasteiger partial charge in [0.2, 0.25) is 15.9 Å². The predicted molar refractivity (Wildman–Crippen MR) is 77.7 cm³/mol. The van der Waals surface area contributed by atoms with Gasteiger partial charge in [0.25, 0.3) is 0 Å². The highest BCUT2D eigenvalue weighted by Crippen LogP contribution is 2.23. The van der Waals surface area contributed by atoms with Crippen molar-refractivity contribution in [3.05, 3.63) is 45.0 Å². The number of aryl methyl sites for hydroxylation is 1. The van der Waals surface area contributed by atoms with E-state index in [0.717, 1.165) is 0 Å². The normalized spacial score (nSPS) is 11.8. The average molecular weight is 381 g/mol. The molecule has 0 fully saturated rings. The molecular formula is C11H11BrClN3O3S. The van der Waals surface area contributed by atoms with Gasteiger partial charge in [-0.3, -0.25) is 0 Å². The second-order valence-corrected chi connectivity index (χ2v) is 7.15. The van der Waals surface area contributed by atoms with Gasteiger partial charge in [-0.15, -0.1) is 0 Å². The van der Waals surface area contributed by atoms with E-state index >= 15 is 0 Å². The molecule has 9 heteroatoms. The van der Waals surface area contributed by atoms with Crippen molar-refractivity contribution in [2.45, 2.75) is 19.2 Å². The minimum Gasteiger partial charge on any atom is -0.338 e. The van der Waals surface area contributed by atoms with E-state index in [4.69, 9.17) is 16.1 Å². The lowest BCUT2D eigenvalue weighted by molar-refractivity contribution is 0.372. The minimum absolute atomic E-state index is 0.0334. The molecule has 0 aliphatic carbocycles. The molecule has 0 atom stereocenters. The Bertz CT molecular complexity index is 717. The van der Waals surface area contributed by atoms with E-state index in [9.17, 15) is 8.42 Å². The van der Waals surface area contributed by atoms with Gasteiger partial charge >= 0.3 is 0 Å². The Hall–Kier alpha value is -0.960. The quantitative estimate of drug-likeness (QED) is 0.861. The van der Waals surface area contributed by atoms with E-state index < -0.39 is 10.0 Å². The minimum atomic E-state index is -3.51. The van der Waals surface area contributed by atoms with E-state index in [1.165, 1.54) is 0 Å². The number of hydrogen-bond acceptors (Lipinski definition) is 5. The number of nitrogens with one attached hydrogen (secondary N) is 1. The van der Waals surface area contributed by atoms with Crippen LogP contribution < -0.4 is 4.72 Å². The summed E-state index contributed by atoms with van der Waals surface area (Å²) in [5.41, 5.74) is 0.614. The van der Waals surface area contributed by atoms with Crippen molar-refractivity contribution >= 4 is 37.6 Å². The van der Waals surface area contributed by atoms with E-state index in [-0.39, 0.29) is 18.2 Å². The molecule has 1 aromatic heterocycles. The summed E-state index contributed by atoms with van der Waals surface area (Å²) in [5.74, 6) is 0.513. The van der Waals surface area contributed by atoms with Gasteiger partial charge in [0.1, 0.15) is 0 Å². The van der Waals surface area contributed by atoms with Gasteiger partial charge in [-0.1, -0.05) is 38.8 Å². The Morgan fingerprint density at radius 2 is 2.20 bits per heavy atom. The van der Waals surface area contributed by atoms with Crippen LogP contribution in [0.5, 0.6) is 0 Å². The second-order valence-electron chi connectivity index (χ2n) is 4.05. The number of sulfonamides is 1. The van der Waals surface area contributed by atoms with Gasteiger partial charge in [-0.05, 0) is 24.6 Å². The van der Waals surface area contributed by atoms with Crippen molar-refractivity contribution in [1.29, 1.82) is 0 Å². The first-order valence-corrected chi connectivity index (χ1v) is 8.38. The van der Waals surface area contributed by atoms with Gasteiger partial charge in [0.15, 0.2) is 5.82 Å². The first kappa shape index (κ1) is 15.4. The van der Waals surface area contributed by atoms with Gasteiger partial charge in [0.05, 0.1) is 12.3 Å². The fourth-order valence-electron chi connectivity index (χ4n) is 1.48.